The van der Waals surface area contributed by atoms with E-state index in [2.05, 4.69) is 54.5 Å². The SMILES string of the molecule is CCCCCCCCCCCCCCNC(=O)C(C)C(N)C(=O)[O-].C[NH+](C)C.C[NH+](C)C.[I-]. The maximum absolute atomic E-state index is 11.7. The number of carbonyl (C=O) groups is 2. The highest BCUT2D eigenvalue weighted by Crippen LogP contribution is 2.11. The smallest absolute Gasteiger partial charge is 0.224 e. The van der Waals surface area contributed by atoms with Gasteiger partial charge in [0.25, 0.3) is 0 Å². The Hall–Kier alpha value is -0.450. The Labute approximate surface area is 222 Å². The number of carbonyl (C=O) groups excluding carboxylic acids is 2. The van der Waals surface area contributed by atoms with Crippen LogP contribution in [0.1, 0.15) is 90.9 Å². The fourth-order valence-electron chi connectivity index (χ4n) is 2.71. The maximum Gasteiger partial charge on any atom is 0.224 e. The number of rotatable bonds is 16. The molecule has 0 saturated heterocycles. The summed E-state index contributed by atoms with van der Waals surface area (Å²) < 4.78 is 0. The average Bonchev–Trinajstić information content (AvgIpc) is 2.69. The summed E-state index contributed by atoms with van der Waals surface area (Å²) >= 11 is 0. The first-order valence-corrected chi connectivity index (χ1v) is 12.7. The number of halogens is 1. The van der Waals surface area contributed by atoms with E-state index in [9.17, 15) is 14.7 Å². The van der Waals surface area contributed by atoms with Crippen LogP contribution in [-0.2, 0) is 9.59 Å². The van der Waals surface area contributed by atoms with Gasteiger partial charge in [0.15, 0.2) is 0 Å². The molecule has 5 N–H and O–H groups in total. The third-order valence-electron chi connectivity index (χ3n) is 4.55. The lowest BCUT2D eigenvalue weighted by Gasteiger charge is -2.19. The van der Waals surface area contributed by atoms with Crippen molar-refractivity contribution in [2.75, 3.05) is 48.8 Å². The first-order chi connectivity index (χ1) is 15.0. The summed E-state index contributed by atoms with van der Waals surface area (Å²) in [5, 5.41) is 13.4. The summed E-state index contributed by atoms with van der Waals surface area (Å²) in [4.78, 5) is 25.2. The third-order valence-corrected chi connectivity index (χ3v) is 4.55. The van der Waals surface area contributed by atoms with E-state index in [1.165, 1.54) is 80.9 Å². The van der Waals surface area contributed by atoms with Crippen molar-refractivity contribution < 1.29 is 48.5 Å². The summed E-state index contributed by atoms with van der Waals surface area (Å²) in [6.07, 6.45) is 15.3. The molecule has 33 heavy (non-hydrogen) atoms. The van der Waals surface area contributed by atoms with Crippen LogP contribution < -0.4 is 49.9 Å². The number of carboxylic acid groups (broad SMARTS) is 1. The second-order valence-electron chi connectivity index (χ2n) is 9.81. The predicted octanol–water partition coefficient (Wildman–Crippen LogP) is -2.96. The van der Waals surface area contributed by atoms with Crippen LogP contribution >= 0.6 is 0 Å². The van der Waals surface area contributed by atoms with Gasteiger partial charge >= 0.3 is 0 Å². The topological polar surface area (TPSA) is 104 Å². The normalized spacial score (nSPS) is 12.0. The number of aliphatic carboxylic acids is 1. The maximum atomic E-state index is 11.7. The molecule has 0 aromatic heterocycles. The lowest BCUT2D eigenvalue weighted by molar-refractivity contribution is -0.836. The highest BCUT2D eigenvalue weighted by Gasteiger charge is 2.20. The number of nitrogens with two attached hydrogens (primary N) is 1. The number of amides is 1. The van der Waals surface area contributed by atoms with Crippen molar-refractivity contribution in [2.24, 2.45) is 11.7 Å². The van der Waals surface area contributed by atoms with Gasteiger partial charge in [-0.1, -0.05) is 84.5 Å². The Bertz CT molecular complexity index is 413. The molecule has 1 amide bonds. The molecule has 2 unspecified atom stereocenters. The zero-order chi connectivity index (χ0) is 25.4. The van der Waals surface area contributed by atoms with Crippen LogP contribution in [0.5, 0.6) is 0 Å². The lowest BCUT2D eigenvalue weighted by atomic mass is 10.0. The number of hydrogen-bond donors (Lipinski definition) is 4. The van der Waals surface area contributed by atoms with Gasteiger partial charge in [-0.05, 0) is 6.42 Å². The first kappa shape index (κ1) is 39.8. The number of carboxylic acids is 1. The van der Waals surface area contributed by atoms with E-state index in [1.54, 1.807) is 0 Å². The van der Waals surface area contributed by atoms with Crippen molar-refractivity contribution in [1.82, 2.24) is 5.32 Å². The minimum atomic E-state index is -1.39. The van der Waals surface area contributed by atoms with Gasteiger partial charge in [0, 0.05) is 6.54 Å². The molecule has 7 nitrogen and oxygen atoms in total. The fourth-order valence-corrected chi connectivity index (χ4v) is 2.71. The quantitative estimate of drug-likeness (QED) is 0.114. The monoisotopic (exact) mass is 588 g/mol. The van der Waals surface area contributed by atoms with Crippen molar-refractivity contribution in [3.05, 3.63) is 0 Å². The number of hydrogen-bond acceptors (Lipinski definition) is 4. The van der Waals surface area contributed by atoms with Gasteiger partial charge < -0.3 is 54.7 Å². The largest absolute Gasteiger partial charge is 1.00 e. The summed E-state index contributed by atoms with van der Waals surface area (Å²) in [6, 6.07) is -1.24. The Morgan fingerprint density at radius 3 is 1.36 bits per heavy atom. The molecule has 0 aromatic rings. The molecule has 0 saturated carbocycles. The molecule has 0 aliphatic heterocycles. The zero-order valence-electron chi connectivity index (χ0n) is 23.0. The van der Waals surface area contributed by atoms with Crippen molar-refractivity contribution in [3.63, 3.8) is 0 Å². The summed E-state index contributed by atoms with van der Waals surface area (Å²) in [7, 11) is 12.5. The fraction of sp³-hybridized carbons (Fsp3) is 0.920. The molecule has 0 rings (SSSR count). The minimum absolute atomic E-state index is 0. The van der Waals surface area contributed by atoms with Crippen molar-refractivity contribution in [1.29, 1.82) is 0 Å². The predicted molar refractivity (Wildman–Crippen MR) is 134 cm³/mol. The molecule has 0 aliphatic carbocycles. The van der Waals surface area contributed by atoms with Crippen LogP contribution in [-0.4, -0.2) is 66.7 Å². The molecule has 0 bridgehead atoms. The van der Waals surface area contributed by atoms with Crippen LogP contribution in [0, 0.1) is 5.92 Å². The van der Waals surface area contributed by atoms with E-state index >= 15 is 0 Å². The van der Waals surface area contributed by atoms with E-state index in [0.29, 0.717) is 6.54 Å². The Morgan fingerprint density at radius 2 is 1.06 bits per heavy atom. The van der Waals surface area contributed by atoms with Crippen molar-refractivity contribution >= 4 is 11.9 Å². The van der Waals surface area contributed by atoms with Crippen LogP contribution in [0.3, 0.4) is 0 Å². The molecule has 0 fully saturated rings. The van der Waals surface area contributed by atoms with Crippen LogP contribution in [0.4, 0.5) is 0 Å². The van der Waals surface area contributed by atoms with E-state index in [0.717, 1.165) is 12.8 Å². The van der Waals surface area contributed by atoms with E-state index in [4.69, 9.17) is 5.73 Å². The van der Waals surface area contributed by atoms with Gasteiger partial charge in [0.2, 0.25) is 5.91 Å². The van der Waals surface area contributed by atoms with E-state index in [-0.39, 0.29) is 29.9 Å². The van der Waals surface area contributed by atoms with Crippen LogP contribution in [0.25, 0.3) is 0 Å². The highest BCUT2D eigenvalue weighted by molar-refractivity contribution is 5.85. The van der Waals surface area contributed by atoms with Gasteiger partial charge in [0.1, 0.15) is 0 Å². The van der Waals surface area contributed by atoms with Crippen molar-refractivity contribution in [2.45, 2.75) is 96.9 Å². The van der Waals surface area contributed by atoms with Gasteiger partial charge in [-0.2, -0.15) is 0 Å². The number of unbranched alkanes of at least 4 members (excludes halogenated alkanes) is 11. The first-order valence-electron chi connectivity index (χ1n) is 12.7. The van der Waals surface area contributed by atoms with Gasteiger partial charge in [-0.15, -0.1) is 0 Å². The highest BCUT2D eigenvalue weighted by atomic mass is 127. The Kier molecular flexibility index (Phi) is 35.6. The summed E-state index contributed by atoms with van der Waals surface area (Å²) in [5.41, 5.74) is 5.38. The number of quaternary nitrogens is 2. The molecular weight excluding hydrogens is 531 g/mol. The minimum Gasteiger partial charge on any atom is -1.00 e. The van der Waals surface area contributed by atoms with Crippen molar-refractivity contribution in [3.8, 4) is 0 Å². The Morgan fingerprint density at radius 1 is 0.758 bits per heavy atom. The second-order valence-corrected chi connectivity index (χ2v) is 9.81. The molecule has 0 aliphatic rings. The second kappa shape index (κ2) is 29.6. The third kappa shape index (κ3) is 39.1. The standard InChI is InChI=1S/C19H38N2O3.2C3H9N.HI/c1-3-4-5-6-7-8-9-10-11-12-13-14-15-21-18(22)16(2)17(20)19(23)24;2*1-4(2)3;/h16-17H,3-15,20H2,1-2H3,(H,21,22)(H,23,24);2*1-3H3;1H. The van der Waals surface area contributed by atoms with Gasteiger partial charge in [-0.25, -0.2) is 0 Å². The molecular formula is C25H57IN4O3. The number of nitrogens with one attached hydrogen (secondary N) is 3. The zero-order valence-corrected chi connectivity index (χ0v) is 25.2. The van der Waals surface area contributed by atoms with Gasteiger partial charge in [-0.3, -0.25) is 4.79 Å². The Balaban J connectivity index is -0.000000401. The van der Waals surface area contributed by atoms with Crippen LogP contribution in [0.2, 0.25) is 0 Å². The van der Waals surface area contributed by atoms with Gasteiger partial charge in [0.05, 0.1) is 60.2 Å². The molecule has 0 heterocycles. The van der Waals surface area contributed by atoms with Crippen LogP contribution in [0.15, 0.2) is 0 Å². The molecule has 0 spiro atoms. The van der Waals surface area contributed by atoms with E-state index < -0.39 is 17.9 Å². The molecule has 2 atom stereocenters. The lowest BCUT2D eigenvalue weighted by Crippen LogP contribution is -3.02. The summed E-state index contributed by atoms with van der Waals surface area (Å²) in [5.74, 6) is -2.45. The summed E-state index contributed by atoms with van der Waals surface area (Å²) in [6.45, 7) is 4.34. The molecule has 202 valence electrons. The molecule has 8 heteroatoms. The average molecular weight is 589 g/mol. The van der Waals surface area contributed by atoms with E-state index in [1.807, 2.05) is 0 Å². The molecule has 0 aromatic carbocycles. The molecule has 0 radical (unpaired) electrons.